The van der Waals surface area contributed by atoms with Crippen molar-refractivity contribution in [2.45, 2.75) is 6.22 Å². The van der Waals surface area contributed by atoms with Crippen LogP contribution in [0, 0.1) is 0 Å². The van der Waals surface area contributed by atoms with Gasteiger partial charge in [0.05, 0.1) is 0 Å². The minimum atomic E-state index is -1.98. The molecule has 2 rings (SSSR count). The van der Waals surface area contributed by atoms with Gasteiger partial charge in [-0.15, -0.1) is 0 Å². The van der Waals surface area contributed by atoms with Gasteiger partial charge in [0.15, 0.2) is 0 Å². The molecule has 24 heavy (non-hydrogen) atoms. The molecule has 0 saturated carbocycles. The van der Waals surface area contributed by atoms with E-state index in [2.05, 4.69) is 12.1 Å². The average molecular weight is 742 g/mol. The molecule has 2 aromatic rings. The molecule has 3 nitrogen and oxygen atoms in total. The molecule has 2 aromatic carbocycles. The van der Waals surface area contributed by atoms with Gasteiger partial charge in [0.2, 0.25) is 0 Å². The fraction of sp³-hybridized carbons (Fsp3) is 0.294. The molecule has 0 bridgehead atoms. The van der Waals surface area contributed by atoms with E-state index < -0.39 is 52.5 Å². The van der Waals surface area contributed by atoms with Crippen LogP contribution in [0.3, 0.4) is 0 Å². The van der Waals surface area contributed by atoms with Gasteiger partial charge in [0, 0.05) is 0 Å². The van der Waals surface area contributed by atoms with Gasteiger partial charge in [-0.1, -0.05) is 0 Å². The molecular formula is C17H18Cl2Hg2O3. The number of hydrogen-bond acceptors (Lipinski definition) is 3. The summed E-state index contributed by atoms with van der Waals surface area (Å²) in [5, 5.41) is 0. The molecule has 0 heterocycles. The first-order valence-corrected chi connectivity index (χ1v) is 26.6. The van der Waals surface area contributed by atoms with Crippen molar-refractivity contribution in [1.29, 1.82) is 0 Å². The summed E-state index contributed by atoms with van der Waals surface area (Å²) < 4.78 is 17.0. The van der Waals surface area contributed by atoms with Crippen LogP contribution in [-0.2, 0) is 62.4 Å². The molecule has 0 fully saturated rings. The fourth-order valence-electron chi connectivity index (χ4n) is 3.11. The molecule has 0 saturated heterocycles. The van der Waals surface area contributed by atoms with E-state index in [1.54, 1.807) is 21.3 Å². The van der Waals surface area contributed by atoms with Gasteiger partial charge in [-0.2, -0.15) is 0 Å². The second-order valence-electron chi connectivity index (χ2n) is 5.47. The topological polar surface area (TPSA) is 27.7 Å². The first-order valence-electron chi connectivity index (χ1n) is 7.56. The summed E-state index contributed by atoms with van der Waals surface area (Å²) in [6, 6.07) is 18.0. The Kier molecular flexibility index (Phi) is 8.30. The number of halogens is 2. The van der Waals surface area contributed by atoms with Crippen LogP contribution in [0.2, 0.25) is 0 Å². The van der Waals surface area contributed by atoms with Crippen molar-refractivity contribution in [2.75, 3.05) is 21.3 Å². The molecule has 0 aromatic heterocycles. The van der Waals surface area contributed by atoms with E-state index in [1.165, 1.54) is 0 Å². The van der Waals surface area contributed by atoms with Crippen molar-refractivity contribution < 1.29 is 60.9 Å². The van der Waals surface area contributed by atoms with Gasteiger partial charge in [-0.3, -0.25) is 0 Å². The van der Waals surface area contributed by atoms with E-state index in [0.29, 0.717) is 0 Å². The molecule has 122 valence electrons. The van der Waals surface area contributed by atoms with Crippen molar-refractivity contribution in [3.05, 3.63) is 65.7 Å². The van der Waals surface area contributed by atoms with Crippen LogP contribution < -0.4 is 4.74 Å². The van der Waals surface area contributed by atoms with Crippen LogP contribution in [0.25, 0.3) is 0 Å². The summed E-state index contributed by atoms with van der Waals surface area (Å²) in [4.78, 5) is 0. The fourth-order valence-corrected chi connectivity index (χ4v) is 41.9. The molecule has 0 N–H and O–H groups in total. The van der Waals surface area contributed by atoms with Gasteiger partial charge >= 0.3 is 176 Å². The zero-order chi connectivity index (χ0) is 17.6. The minimum absolute atomic E-state index is 0.340. The predicted octanol–water partition coefficient (Wildman–Crippen LogP) is 4.47. The summed E-state index contributed by atoms with van der Waals surface area (Å²) in [6.07, 6.45) is 0. The monoisotopic (exact) mass is 744 g/mol. The first kappa shape index (κ1) is 20.9. The predicted molar refractivity (Wildman–Crippen MR) is 88.5 cm³/mol. The standard InChI is InChI=1S/C17H18O3.2ClH.2Hg/c1-18-16-11-9-14(10-12-16)13-17(19-2,20-3)15-7-5-4-6-8-15;;;;/h4-12H,1-3H3;2*1H;;/q;;;2*+1/p-2. The molecule has 0 aliphatic heterocycles. The van der Waals surface area contributed by atoms with E-state index in [0.717, 1.165) is 16.9 Å². The normalized spacial score (nSPS) is 11.5. The average Bonchev–Trinajstić information content (AvgIpc) is 2.67. The summed E-state index contributed by atoms with van der Waals surface area (Å²) in [6.45, 7) is 0. The number of rotatable bonds is 8. The molecule has 0 amide bonds. The second kappa shape index (κ2) is 9.52. The molecule has 0 spiro atoms. The van der Waals surface area contributed by atoms with E-state index >= 15 is 0 Å². The number of methoxy groups -OCH3 is 3. The molecular weight excluding hydrogens is 724 g/mol. The van der Waals surface area contributed by atoms with Gasteiger partial charge in [0.25, 0.3) is 0 Å². The van der Waals surface area contributed by atoms with Gasteiger partial charge in [-0.25, -0.2) is 0 Å². The third-order valence-corrected chi connectivity index (χ3v) is 61.5. The summed E-state index contributed by atoms with van der Waals surface area (Å²) in [5.41, 5.74) is 2.08. The van der Waals surface area contributed by atoms with E-state index in [1.807, 2.05) is 42.5 Å². The molecule has 0 atom stereocenters. The van der Waals surface area contributed by atoms with E-state index in [-0.39, 0.29) is 0.432 Å². The van der Waals surface area contributed by atoms with E-state index in [9.17, 15) is 0 Å². The Morgan fingerprint density at radius 1 is 0.750 bits per heavy atom. The Morgan fingerprint density at radius 3 is 1.71 bits per heavy atom. The zero-order valence-electron chi connectivity index (χ0n) is 14.1. The maximum atomic E-state index is 6.73. The van der Waals surface area contributed by atoms with Gasteiger partial charge in [0.1, 0.15) is 0 Å². The maximum absolute atomic E-state index is 6.73. The molecule has 0 unspecified atom stereocenters. The molecule has 0 aliphatic rings. The van der Waals surface area contributed by atoms with Crippen molar-refractivity contribution >= 4 is 16.5 Å². The van der Waals surface area contributed by atoms with Crippen LogP contribution >= 0.6 is 16.5 Å². The first-order chi connectivity index (χ1) is 11.6. The molecule has 0 aliphatic carbocycles. The summed E-state index contributed by atoms with van der Waals surface area (Å²) >= 11 is -3.96. The van der Waals surface area contributed by atoms with Crippen molar-refractivity contribution in [3.8, 4) is 5.75 Å². The molecule has 0 radical (unpaired) electrons. The summed E-state index contributed by atoms with van der Waals surface area (Å²) in [5.74, 6) is -0.111. The van der Waals surface area contributed by atoms with Gasteiger partial charge in [-0.05, 0) is 0 Å². The van der Waals surface area contributed by atoms with Crippen LogP contribution in [0.1, 0.15) is 11.1 Å². The quantitative estimate of drug-likeness (QED) is 0.296. The Hall–Kier alpha value is 0.610. The second-order valence-corrected chi connectivity index (χ2v) is 36.7. The van der Waals surface area contributed by atoms with Crippen LogP contribution in [0.5, 0.6) is 5.75 Å². The third kappa shape index (κ3) is 3.67. The third-order valence-electron chi connectivity index (χ3n) is 4.46. The van der Waals surface area contributed by atoms with Crippen LogP contribution in [-0.4, -0.2) is 21.3 Å². The van der Waals surface area contributed by atoms with Crippen molar-refractivity contribution in [3.63, 3.8) is 0 Å². The number of hydrogen-bond donors (Lipinski definition) is 0. The van der Waals surface area contributed by atoms with Gasteiger partial charge < -0.3 is 0 Å². The number of ether oxygens (including phenoxy) is 3. The zero-order valence-corrected chi connectivity index (χ0v) is 26.6. The van der Waals surface area contributed by atoms with Crippen molar-refractivity contribution in [1.82, 2.24) is 0 Å². The summed E-state index contributed by atoms with van der Waals surface area (Å²) in [7, 11) is 18.5. The van der Waals surface area contributed by atoms with Crippen LogP contribution in [0.4, 0.5) is 0 Å². The van der Waals surface area contributed by atoms with Crippen LogP contribution in [0.15, 0.2) is 54.6 Å². The molecule has 7 heteroatoms. The number of benzene rings is 2. The Balaban J connectivity index is 2.68. The Bertz CT molecular complexity index is 630. The van der Waals surface area contributed by atoms with Crippen molar-refractivity contribution in [2.24, 2.45) is 0 Å². The SMILES string of the molecule is COc1ccc([C]([Hg][Cl])([Hg][Cl])C(OC)(OC)c2ccccc2)cc1. The Morgan fingerprint density at radius 2 is 1.29 bits per heavy atom. The Labute approximate surface area is 174 Å². The van der Waals surface area contributed by atoms with E-state index in [4.69, 9.17) is 30.7 Å².